The summed E-state index contributed by atoms with van der Waals surface area (Å²) in [6.45, 7) is 2.65. The van der Waals surface area contributed by atoms with E-state index in [4.69, 9.17) is 4.74 Å². The molecule has 0 aromatic rings. The Morgan fingerprint density at radius 3 is 3.18 bits per heavy atom. The van der Waals surface area contributed by atoms with Crippen LogP contribution in [0.2, 0.25) is 0 Å². The predicted octanol–water partition coefficient (Wildman–Crippen LogP) is 1.41. The van der Waals surface area contributed by atoms with Crippen molar-refractivity contribution >= 4 is 6.08 Å². The lowest BCUT2D eigenvalue weighted by Crippen LogP contribution is -2.08. The van der Waals surface area contributed by atoms with Crippen molar-refractivity contribution in [2.24, 2.45) is 4.99 Å². The number of aliphatic imine (C=N–C) groups is 1. The molecule has 0 aliphatic carbocycles. The number of hydrogen-bond acceptors (Lipinski definition) is 3. The van der Waals surface area contributed by atoms with Crippen molar-refractivity contribution < 1.29 is 9.53 Å². The van der Waals surface area contributed by atoms with Crippen molar-refractivity contribution in [1.82, 2.24) is 0 Å². The molecule has 0 fully saturated rings. The van der Waals surface area contributed by atoms with E-state index in [9.17, 15) is 4.79 Å². The maximum Gasteiger partial charge on any atom is 0.235 e. The second kappa shape index (κ2) is 3.94. The van der Waals surface area contributed by atoms with Crippen LogP contribution >= 0.6 is 0 Å². The monoisotopic (exact) mass is 153 g/mol. The summed E-state index contributed by atoms with van der Waals surface area (Å²) in [4.78, 5) is 13.5. The van der Waals surface area contributed by atoms with Crippen LogP contribution in [0.4, 0.5) is 0 Å². The summed E-state index contributed by atoms with van der Waals surface area (Å²) in [6, 6.07) is -0.0622. The zero-order valence-corrected chi connectivity index (χ0v) is 6.54. The van der Waals surface area contributed by atoms with E-state index in [1.165, 1.54) is 0 Å². The molecule has 0 saturated carbocycles. The number of hydrogen-bond donors (Lipinski definition) is 0. The molecular formula is C8H11NO2. The fourth-order valence-corrected chi connectivity index (χ4v) is 1.05. The van der Waals surface area contributed by atoms with Gasteiger partial charge in [-0.2, -0.15) is 4.99 Å². The molecule has 3 nitrogen and oxygen atoms in total. The SMILES string of the molecule is CC(N=C=O)C1=COCCC1. The Morgan fingerprint density at radius 2 is 2.64 bits per heavy atom. The van der Waals surface area contributed by atoms with E-state index >= 15 is 0 Å². The lowest BCUT2D eigenvalue weighted by atomic mass is 10.0. The molecule has 0 aromatic heterocycles. The van der Waals surface area contributed by atoms with Crippen LogP contribution in [0.5, 0.6) is 0 Å². The van der Waals surface area contributed by atoms with E-state index in [1.54, 1.807) is 12.3 Å². The van der Waals surface area contributed by atoms with Crippen LogP contribution in [0.25, 0.3) is 0 Å². The molecule has 1 heterocycles. The smallest absolute Gasteiger partial charge is 0.235 e. The quantitative estimate of drug-likeness (QED) is 0.444. The number of ether oxygens (including phenoxy) is 1. The van der Waals surface area contributed by atoms with Crippen LogP contribution in [-0.4, -0.2) is 18.7 Å². The number of rotatable bonds is 2. The standard InChI is InChI=1S/C8H11NO2/c1-7(9-6-10)8-3-2-4-11-5-8/h5,7H,2-4H2,1H3. The van der Waals surface area contributed by atoms with E-state index in [0.29, 0.717) is 0 Å². The largest absolute Gasteiger partial charge is 0.501 e. The summed E-state index contributed by atoms with van der Waals surface area (Å²) >= 11 is 0. The van der Waals surface area contributed by atoms with Crippen molar-refractivity contribution in [3.63, 3.8) is 0 Å². The Kier molecular flexibility index (Phi) is 2.87. The van der Waals surface area contributed by atoms with E-state index in [0.717, 1.165) is 25.0 Å². The summed E-state index contributed by atoms with van der Waals surface area (Å²) in [6.07, 6.45) is 5.24. The molecule has 1 rings (SSSR count). The summed E-state index contributed by atoms with van der Waals surface area (Å²) in [5, 5.41) is 0. The van der Waals surface area contributed by atoms with Gasteiger partial charge in [-0.05, 0) is 25.3 Å². The minimum Gasteiger partial charge on any atom is -0.501 e. The molecule has 1 aliphatic rings. The zero-order valence-electron chi connectivity index (χ0n) is 6.54. The first-order chi connectivity index (χ1) is 5.34. The molecule has 0 aromatic carbocycles. The average molecular weight is 153 g/mol. The molecule has 0 amide bonds. The highest BCUT2D eigenvalue weighted by Crippen LogP contribution is 2.16. The Balaban J connectivity index is 2.57. The van der Waals surface area contributed by atoms with E-state index in [2.05, 4.69) is 4.99 Å². The maximum absolute atomic E-state index is 9.90. The van der Waals surface area contributed by atoms with Gasteiger partial charge in [0.05, 0.1) is 18.9 Å². The number of carbonyl (C=O) groups excluding carboxylic acids is 1. The third kappa shape index (κ3) is 2.20. The first-order valence-corrected chi connectivity index (χ1v) is 3.72. The predicted molar refractivity (Wildman–Crippen MR) is 40.9 cm³/mol. The normalized spacial score (nSPS) is 19.2. The molecule has 60 valence electrons. The Labute approximate surface area is 65.8 Å². The summed E-state index contributed by atoms with van der Waals surface area (Å²) in [7, 11) is 0. The van der Waals surface area contributed by atoms with Crippen molar-refractivity contribution in [2.45, 2.75) is 25.8 Å². The van der Waals surface area contributed by atoms with Gasteiger partial charge in [-0.3, -0.25) is 0 Å². The minimum atomic E-state index is -0.0622. The minimum absolute atomic E-state index is 0.0622. The lowest BCUT2D eigenvalue weighted by Gasteiger charge is -2.15. The van der Waals surface area contributed by atoms with Gasteiger partial charge < -0.3 is 4.74 Å². The highest BCUT2D eigenvalue weighted by molar-refractivity contribution is 5.35. The molecule has 11 heavy (non-hydrogen) atoms. The summed E-state index contributed by atoms with van der Waals surface area (Å²) in [5.74, 6) is 0. The number of isocyanates is 1. The third-order valence-corrected chi connectivity index (χ3v) is 1.75. The Bertz CT molecular complexity index is 204. The average Bonchev–Trinajstić information content (AvgIpc) is 2.07. The molecule has 3 heteroatoms. The summed E-state index contributed by atoms with van der Waals surface area (Å²) < 4.78 is 5.10. The van der Waals surface area contributed by atoms with E-state index in [1.807, 2.05) is 6.92 Å². The van der Waals surface area contributed by atoms with Gasteiger partial charge in [0, 0.05) is 0 Å². The van der Waals surface area contributed by atoms with Gasteiger partial charge in [0.15, 0.2) is 0 Å². The van der Waals surface area contributed by atoms with Crippen molar-refractivity contribution in [3.05, 3.63) is 11.8 Å². The second-order valence-electron chi connectivity index (χ2n) is 2.56. The molecule has 0 N–H and O–H groups in total. The zero-order chi connectivity index (χ0) is 8.10. The molecule has 0 bridgehead atoms. The fraction of sp³-hybridized carbons (Fsp3) is 0.625. The highest BCUT2D eigenvalue weighted by Gasteiger charge is 2.10. The third-order valence-electron chi connectivity index (χ3n) is 1.75. The topological polar surface area (TPSA) is 38.7 Å². The molecule has 0 radical (unpaired) electrons. The molecule has 1 aliphatic heterocycles. The maximum atomic E-state index is 9.90. The Morgan fingerprint density at radius 1 is 1.82 bits per heavy atom. The van der Waals surface area contributed by atoms with Crippen LogP contribution in [0.1, 0.15) is 19.8 Å². The Hall–Kier alpha value is -1.08. The van der Waals surface area contributed by atoms with Crippen LogP contribution in [0.3, 0.4) is 0 Å². The first-order valence-electron chi connectivity index (χ1n) is 3.72. The number of nitrogens with zero attached hydrogens (tertiary/aromatic N) is 1. The van der Waals surface area contributed by atoms with Gasteiger partial charge in [0.1, 0.15) is 0 Å². The van der Waals surface area contributed by atoms with Gasteiger partial charge in [0.25, 0.3) is 0 Å². The van der Waals surface area contributed by atoms with Crippen LogP contribution < -0.4 is 0 Å². The molecule has 0 saturated heterocycles. The van der Waals surface area contributed by atoms with Crippen LogP contribution in [-0.2, 0) is 9.53 Å². The highest BCUT2D eigenvalue weighted by atomic mass is 16.5. The molecule has 1 atom stereocenters. The van der Waals surface area contributed by atoms with E-state index in [-0.39, 0.29) is 6.04 Å². The van der Waals surface area contributed by atoms with Crippen molar-refractivity contribution in [1.29, 1.82) is 0 Å². The second-order valence-corrected chi connectivity index (χ2v) is 2.56. The molecular weight excluding hydrogens is 142 g/mol. The van der Waals surface area contributed by atoms with Gasteiger partial charge in [-0.15, -0.1) is 0 Å². The van der Waals surface area contributed by atoms with E-state index < -0.39 is 0 Å². The van der Waals surface area contributed by atoms with Crippen LogP contribution in [0.15, 0.2) is 16.8 Å². The molecule has 0 spiro atoms. The van der Waals surface area contributed by atoms with Gasteiger partial charge in [0.2, 0.25) is 6.08 Å². The van der Waals surface area contributed by atoms with Crippen molar-refractivity contribution in [2.75, 3.05) is 6.61 Å². The lowest BCUT2D eigenvalue weighted by molar-refractivity contribution is 0.222. The van der Waals surface area contributed by atoms with Crippen molar-refractivity contribution in [3.8, 4) is 0 Å². The fourth-order valence-electron chi connectivity index (χ4n) is 1.05. The van der Waals surface area contributed by atoms with Gasteiger partial charge in [-0.1, -0.05) is 0 Å². The van der Waals surface area contributed by atoms with Gasteiger partial charge in [-0.25, -0.2) is 4.79 Å². The molecule has 1 unspecified atom stereocenters. The summed E-state index contributed by atoms with van der Waals surface area (Å²) in [5.41, 5.74) is 1.08. The first kappa shape index (κ1) is 8.02. The van der Waals surface area contributed by atoms with Crippen LogP contribution in [0, 0.1) is 0 Å². The van der Waals surface area contributed by atoms with Gasteiger partial charge >= 0.3 is 0 Å².